The molecule has 0 aliphatic carbocycles. The summed E-state index contributed by atoms with van der Waals surface area (Å²) in [7, 11) is 0. The van der Waals surface area contributed by atoms with E-state index in [9.17, 15) is 18.0 Å². The minimum Gasteiger partial charge on any atom is -0.461 e. The van der Waals surface area contributed by atoms with Gasteiger partial charge in [0.1, 0.15) is 5.82 Å². The van der Waals surface area contributed by atoms with Gasteiger partial charge in [0.25, 0.3) is 0 Å². The number of hydrogen-bond acceptors (Lipinski definition) is 4. The zero-order valence-electron chi connectivity index (χ0n) is 15.4. The van der Waals surface area contributed by atoms with Gasteiger partial charge in [-0.1, -0.05) is 38.1 Å². The lowest BCUT2D eigenvalue weighted by atomic mass is 9.94. The largest absolute Gasteiger partial charge is 0.461 e. The fourth-order valence-corrected chi connectivity index (χ4v) is 3.21. The fourth-order valence-electron chi connectivity index (χ4n) is 3.21. The molecule has 27 heavy (non-hydrogen) atoms. The molecule has 1 aromatic heterocycles. The van der Waals surface area contributed by atoms with E-state index in [2.05, 4.69) is 24.3 Å². The maximum atomic E-state index is 13.6. The van der Waals surface area contributed by atoms with Crippen molar-refractivity contribution in [3.63, 3.8) is 0 Å². The number of aromatic nitrogens is 2. The lowest BCUT2D eigenvalue weighted by Gasteiger charge is -2.33. The van der Waals surface area contributed by atoms with Crippen LogP contribution in [-0.4, -0.2) is 28.5 Å². The Hall–Kier alpha value is -2.51. The minimum absolute atomic E-state index is 0.127. The lowest BCUT2D eigenvalue weighted by Crippen LogP contribution is -2.35. The third kappa shape index (κ3) is 3.94. The van der Waals surface area contributed by atoms with Crippen molar-refractivity contribution < 1.29 is 22.7 Å². The summed E-state index contributed by atoms with van der Waals surface area (Å²) in [5.74, 6) is -0.237. The molecule has 5 nitrogen and oxygen atoms in total. The molecule has 0 radical (unpaired) electrons. The van der Waals surface area contributed by atoms with Gasteiger partial charge in [-0.25, -0.2) is 9.48 Å². The van der Waals surface area contributed by atoms with E-state index in [-0.39, 0.29) is 24.5 Å². The summed E-state index contributed by atoms with van der Waals surface area (Å²) in [6.07, 6.45) is -4.69. The number of benzene rings is 1. The van der Waals surface area contributed by atoms with Crippen molar-refractivity contribution in [2.75, 3.05) is 11.9 Å². The van der Waals surface area contributed by atoms with Crippen LogP contribution in [0.25, 0.3) is 0 Å². The van der Waals surface area contributed by atoms with Crippen LogP contribution in [0.2, 0.25) is 0 Å². The van der Waals surface area contributed by atoms with Crippen molar-refractivity contribution in [1.82, 2.24) is 9.78 Å². The molecule has 2 aromatic rings. The van der Waals surface area contributed by atoms with E-state index in [1.165, 1.54) is 6.07 Å². The average molecular weight is 381 g/mol. The summed E-state index contributed by atoms with van der Waals surface area (Å²) < 4.78 is 46.6. The van der Waals surface area contributed by atoms with Gasteiger partial charge >= 0.3 is 12.1 Å². The number of hydrogen-bond donors (Lipinski definition) is 1. The first-order chi connectivity index (χ1) is 12.7. The minimum atomic E-state index is -4.48. The summed E-state index contributed by atoms with van der Waals surface area (Å²) in [5, 5.41) is 6.92. The highest BCUT2D eigenvalue weighted by Crippen LogP contribution is 2.43. The summed E-state index contributed by atoms with van der Waals surface area (Å²) in [4.78, 5) is 11.9. The van der Waals surface area contributed by atoms with E-state index in [1.54, 1.807) is 6.92 Å². The van der Waals surface area contributed by atoms with Crippen molar-refractivity contribution in [1.29, 1.82) is 0 Å². The highest BCUT2D eigenvalue weighted by atomic mass is 19.4. The second-order valence-electron chi connectivity index (χ2n) is 6.89. The molecule has 1 N–H and O–H groups in total. The van der Waals surface area contributed by atoms with Crippen molar-refractivity contribution in [3.8, 4) is 0 Å². The molecule has 8 heteroatoms. The van der Waals surface area contributed by atoms with Crippen molar-refractivity contribution in [2.45, 2.75) is 51.4 Å². The number of carbonyl (C=O) groups excluding carboxylic acids is 1. The molecule has 0 bridgehead atoms. The third-order valence-corrected chi connectivity index (χ3v) is 4.68. The molecule has 0 saturated heterocycles. The van der Waals surface area contributed by atoms with Gasteiger partial charge in [0, 0.05) is 12.5 Å². The van der Waals surface area contributed by atoms with Gasteiger partial charge in [-0.2, -0.15) is 18.3 Å². The first-order valence-electron chi connectivity index (χ1n) is 8.90. The smallest absolute Gasteiger partial charge is 0.410 e. The zero-order valence-corrected chi connectivity index (χ0v) is 15.4. The number of rotatable bonds is 4. The van der Waals surface area contributed by atoms with Gasteiger partial charge in [0.2, 0.25) is 0 Å². The van der Waals surface area contributed by atoms with E-state index >= 15 is 0 Å². The lowest BCUT2D eigenvalue weighted by molar-refractivity contribution is -0.173. The first kappa shape index (κ1) is 19.3. The summed E-state index contributed by atoms with van der Waals surface area (Å²) in [5.41, 5.74) is 1.75. The molecule has 0 fully saturated rings. The zero-order chi connectivity index (χ0) is 19.8. The van der Waals surface area contributed by atoms with Crippen LogP contribution in [0.3, 0.4) is 0 Å². The number of nitrogens with zero attached hydrogens (tertiary/aromatic N) is 2. The van der Waals surface area contributed by atoms with Crippen LogP contribution in [0.1, 0.15) is 66.8 Å². The number of carbonyl (C=O) groups is 1. The number of alkyl halides is 3. The Labute approximate surface area is 155 Å². The van der Waals surface area contributed by atoms with Gasteiger partial charge < -0.3 is 10.1 Å². The first-order valence-corrected chi connectivity index (χ1v) is 8.90. The van der Waals surface area contributed by atoms with Gasteiger partial charge in [0.15, 0.2) is 11.7 Å². The molecule has 1 aliphatic heterocycles. The SMILES string of the molecule is CCOC(=O)c1cc2n(n1)C(C(F)(F)F)CC(c1ccc(C(C)C)cc1)N2. The van der Waals surface area contributed by atoms with Crippen molar-refractivity contribution in [2.24, 2.45) is 0 Å². The van der Waals surface area contributed by atoms with E-state index < -0.39 is 24.2 Å². The highest BCUT2D eigenvalue weighted by Gasteiger charge is 2.46. The number of ether oxygens (including phenoxy) is 1. The number of esters is 1. The summed E-state index contributed by atoms with van der Waals surface area (Å²) in [6.45, 7) is 5.87. The Morgan fingerprint density at radius 1 is 1.33 bits per heavy atom. The van der Waals surface area contributed by atoms with Gasteiger partial charge in [-0.3, -0.25) is 0 Å². The molecule has 2 unspecified atom stereocenters. The normalized spacial score (nSPS) is 19.5. The van der Waals surface area contributed by atoms with Crippen LogP contribution in [0, 0.1) is 0 Å². The number of anilines is 1. The average Bonchev–Trinajstić information content (AvgIpc) is 3.04. The Morgan fingerprint density at radius 3 is 2.56 bits per heavy atom. The van der Waals surface area contributed by atoms with Crippen LogP contribution in [-0.2, 0) is 4.74 Å². The quantitative estimate of drug-likeness (QED) is 0.770. The van der Waals surface area contributed by atoms with E-state index in [0.717, 1.165) is 15.8 Å². The molecule has 0 amide bonds. The Bertz CT molecular complexity index is 813. The molecule has 2 atom stereocenters. The Kier molecular flexibility index (Phi) is 5.17. The van der Waals surface area contributed by atoms with Gasteiger partial charge in [0.05, 0.1) is 12.6 Å². The van der Waals surface area contributed by atoms with E-state index in [4.69, 9.17) is 4.74 Å². The molecule has 1 aliphatic rings. The monoisotopic (exact) mass is 381 g/mol. The molecular weight excluding hydrogens is 359 g/mol. The van der Waals surface area contributed by atoms with Gasteiger partial charge in [-0.05, 0) is 24.0 Å². The van der Waals surface area contributed by atoms with Crippen LogP contribution in [0.5, 0.6) is 0 Å². The predicted octanol–water partition coefficient (Wildman–Crippen LogP) is 4.84. The topological polar surface area (TPSA) is 56.2 Å². The van der Waals surface area contributed by atoms with E-state index in [1.807, 2.05) is 24.3 Å². The molecule has 0 spiro atoms. The van der Waals surface area contributed by atoms with Crippen LogP contribution in [0.15, 0.2) is 30.3 Å². The molecule has 146 valence electrons. The van der Waals surface area contributed by atoms with Crippen LogP contribution < -0.4 is 5.32 Å². The molecular formula is C19H22F3N3O2. The number of halogens is 3. The van der Waals surface area contributed by atoms with Crippen LogP contribution in [0.4, 0.5) is 19.0 Å². The maximum absolute atomic E-state index is 13.6. The summed E-state index contributed by atoms with van der Waals surface area (Å²) in [6, 6.07) is 6.52. The van der Waals surface area contributed by atoms with Gasteiger partial charge in [-0.15, -0.1) is 0 Å². The van der Waals surface area contributed by atoms with Crippen LogP contribution >= 0.6 is 0 Å². The molecule has 1 aromatic carbocycles. The second-order valence-corrected chi connectivity index (χ2v) is 6.89. The van der Waals surface area contributed by atoms with Crippen molar-refractivity contribution in [3.05, 3.63) is 47.2 Å². The highest BCUT2D eigenvalue weighted by molar-refractivity contribution is 5.88. The molecule has 0 saturated carbocycles. The predicted molar refractivity (Wildman–Crippen MR) is 94.8 cm³/mol. The third-order valence-electron chi connectivity index (χ3n) is 4.68. The fraction of sp³-hybridized carbons (Fsp3) is 0.474. The number of nitrogens with one attached hydrogen (secondary N) is 1. The molecule has 3 rings (SSSR count). The Balaban J connectivity index is 1.94. The number of fused-ring (bicyclic) bond motifs is 1. The maximum Gasteiger partial charge on any atom is 0.410 e. The molecule has 2 heterocycles. The van der Waals surface area contributed by atoms with E-state index in [0.29, 0.717) is 5.92 Å². The summed E-state index contributed by atoms with van der Waals surface area (Å²) >= 11 is 0. The second kappa shape index (κ2) is 7.25. The standard InChI is InChI=1S/C19H22F3N3O2/c1-4-27-18(26)15-10-17-23-14(9-16(19(20,21)22)25(17)24-15)13-7-5-12(6-8-13)11(2)3/h5-8,10-11,14,16,23H,4,9H2,1-3H3. The van der Waals surface area contributed by atoms with Crippen molar-refractivity contribution >= 4 is 11.8 Å². The Morgan fingerprint density at radius 2 is 2.00 bits per heavy atom.